The van der Waals surface area contributed by atoms with Crippen LogP contribution in [-0.2, 0) is 7.05 Å². The summed E-state index contributed by atoms with van der Waals surface area (Å²) in [6.45, 7) is 3.43. The Bertz CT molecular complexity index is 281. The minimum atomic E-state index is -1.10. The molecule has 1 aromatic rings. The van der Waals surface area contributed by atoms with Gasteiger partial charge in [0.25, 0.3) is 0 Å². The Morgan fingerprint density at radius 1 is 1.69 bits per heavy atom. The fourth-order valence-corrected chi connectivity index (χ4v) is 1.09. The van der Waals surface area contributed by atoms with E-state index in [1.165, 1.54) is 0 Å². The summed E-state index contributed by atoms with van der Waals surface area (Å²) in [5.74, 6) is 0. The lowest BCUT2D eigenvalue weighted by molar-refractivity contribution is -0.0676. The number of imidazole rings is 1. The lowest BCUT2D eigenvalue weighted by atomic mass is 9.94. The molecular weight excluding hydrogens is 168 g/mol. The van der Waals surface area contributed by atoms with Gasteiger partial charge >= 0.3 is 0 Å². The Kier molecular flexibility index (Phi) is 2.73. The van der Waals surface area contributed by atoms with E-state index in [-0.39, 0.29) is 0 Å². The minimum Gasteiger partial charge on any atom is -0.387 e. The van der Waals surface area contributed by atoms with Crippen molar-refractivity contribution in [1.82, 2.24) is 9.55 Å². The second-order valence-electron chi connectivity index (χ2n) is 3.58. The first-order valence-corrected chi connectivity index (χ1v) is 4.35. The van der Waals surface area contributed by atoms with Crippen molar-refractivity contribution in [3.8, 4) is 0 Å². The van der Waals surface area contributed by atoms with Crippen molar-refractivity contribution in [1.29, 1.82) is 0 Å². The van der Waals surface area contributed by atoms with E-state index < -0.39 is 11.7 Å². The molecule has 0 amide bonds. The van der Waals surface area contributed by atoms with Gasteiger partial charge < -0.3 is 14.8 Å². The summed E-state index contributed by atoms with van der Waals surface area (Å²) in [6.07, 6.45) is 2.88. The van der Waals surface area contributed by atoms with Gasteiger partial charge in [-0.05, 0) is 13.3 Å². The number of nitrogens with zero attached hydrogens (tertiary/aromatic N) is 2. The first-order valence-electron chi connectivity index (χ1n) is 4.35. The van der Waals surface area contributed by atoms with Gasteiger partial charge in [0.2, 0.25) is 0 Å². The van der Waals surface area contributed by atoms with Gasteiger partial charge in [-0.3, -0.25) is 0 Å². The molecule has 0 spiro atoms. The summed E-state index contributed by atoms with van der Waals surface area (Å²) in [5.41, 5.74) is -0.594. The van der Waals surface area contributed by atoms with E-state index in [0.717, 1.165) is 0 Å². The van der Waals surface area contributed by atoms with Crippen molar-refractivity contribution in [2.75, 3.05) is 0 Å². The molecule has 0 bridgehead atoms. The highest BCUT2D eigenvalue weighted by molar-refractivity contribution is 5.05. The molecule has 0 fully saturated rings. The van der Waals surface area contributed by atoms with Crippen LogP contribution in [0.25, 0.3) is 0 Å². The van der Waals surface area contributed by atoms with Gasteiger partial charge in [0.1, 0.15) is 6.10 Å². The first kappa shape index (κ1) is 10.2. The lowest BCUT2D eigenvalue weighted by Crippen LogP contribution is -2.32. The van der Waals surface area contributed by atoms with Crippen LogP contribution in [0.15, 0.2) is 12.5 Å². The van der Waals surface area contributed by atoms with Crippen molar-refractivity contribution in [2.45, 2.75) is 32.0 Å². The number of rotatable bonds is 3. The molecule has 4 heteroatoms. The maximum Gasteiger partial charge on any atom is 0.126 e. The molecule has 13 heavy (non-hydrogen) atoms. The van der Waals surface area contributed by atoms with Gasteiger partial charge in [-0.1, -0.05) is 6.92 Å². The number of aryl methyl sites for hydroxylation is 1. The summed E-state index contributed by atoms with van der Waals surface area (Å²) in [4.78, 5) is 3.98. The SMILES string of the molecule is CCC(C)(O)C(O)c1cn(C)cn1. The van der Waals surface area contributed by atoms with Crippen molar-refractivity contribution in [3.63, 3.8) is 0 Å². The zero-order valence-corrected chi connectivity index (χ0v) is 8.23. The summed E-state index contributed by atoms with van der Waals surface area (Å²) >= 11 is 0. The molecule has 0 saturated heterocycles. The molecule has 0 aliphatic rings. The van der Waals surface area contributed by atoms with E-state index in [1.54, 1.807) is 24.0 Å². The van der Waals surface area contributed by atoms with Crippen LogP contribution >= 0.6 is 0 Å². The van der Waals surface area contributed by atoms with E-state index in [2.05, 4.69) is 4.98 Å². The topological polar surface area (TPSA) is 58.3 Å². The van der Waals surface area contributed by atoms with E-state index >= 15 is 0 Å². The van der Waals surface area contributed by atoms with E-state index in [0.29, 0.717) is 12.1 Å². The van der Waals surface area contributed by atoms with Crippen molar-refractivity contribution in [2.24, 2.45) is 7.05 Å². The molecule has 1 rings (SSSR count). The van der Waals surface area contributed by atoms with Crippen LogP contribution in [0.1, 0.15) is 32.1 Å². The smallest absolute Gasteiger partial charge is 0.126 e. The maximum atomic E-state index is 9.76. The molecule has 1 aromatic heterocycles. The largest absolute Gasteiger partial charge is 0.387 e. The van der Waals surface area contributed by atoms with Crippen LogP contribution < -0.4 is 0 Å². The molecule has 0 saturated carbocycles. The van der Waals surface area contributed by atoms with Gasteiger partial charge in [-0.25, -0.2) is 4.98 Å². The predicted octanol–water partition coefficient (Wildman–Crippen LogP) is 0.614. The third kappa shape index (κ3) is 2.08. The Morgan fingerprint density at radius 2 is 2.31 bits per heavy atom. The zero-order valence-electron chi connectivity index (χ0n) is 8.23. The fourth-order valence-electron chi connectivity index (χ4n) is 1.09. The third-order valence-corrected chi connectivity index (χ3v) is 2.31. The summed E-state index contributed by atoms with van der Waals surface area (Å²) in [6, 6.07) is 0. The zero-order chi connectivity index (χ0) is 10.1. The van der Waals surface area contributed by atoms with Crippen LogP contribution in [0.5, 0.6) is 0 Å². The highest BCUT2D eigenvalue weighted by Crippen LogP contribution is 2.26. The normalized spacial score (nSPS) is 18.2. The molecule has 2 N–H and O–H groups in total. The molecule has 0 radical (unpaired) electrons. The number of aromatic nitrogens is 2. The van der Waals surface area contributed by atoms with E-state index in [4.69, 9.17) is 0 Å². The van der Waals surface area contributed by atoms with Crippen molar-refractivity contribution >= 4 is 0 Å². The van der Waals surface area contributed by atoms with Crippen LogP contribution in [0.4, 0.5) is 0 Å². The second kappa shape index (κ2) is 3.47. The molecule has 1 heterocycles. The average Bonchev–Trinajstić information content (AvgIpc) is 2.50. The summed E-state index contributed by atoms with van der Waals surface area (Å²) in [7, 11) is 1.82. The van der Waals surface area contributed by atoms with Gasteiger partial charge in [-0.15, -0.1) is 0 Å². The molecular formula is C9H16N2O2. The van der Waals surface area contributed by atoms with Crippen molar-refractivity contribution in [3.05, 3.63) is 18.2 Å². The molecule has 2 atom stereocenters. The predicted molar refractivity (Wildman–Crippen MR) is 49.1 cm³/mol. The Balaban J connectivity index is 2.84. The van der Waals surface area contributed by atoms with Gasteiger partial charge in [0, 0.05) is 13.2 Å². The molecule has 2 unspecified atom stereocenters. The van der Waals surface area contributed by atoms with Crippen LogP contribution in [-0.4, -0.2) is 25.4 Å². The Hall–Kier alpha value is -0.870. The monoisotopic (exact) mass is 184 g/mol. The van der Waals surface area contributed by atoms with Crippen molar-refractivity contribution < 1.29 is 10.2 Å². The highest BCUT2D eigenvalue weighted by Gasteiger charge is 2.30. The number of hydrogen-bond donors (Lipinski definition) is 2. The van der Waals surface area contributed by atoms with Crippen LogP contribution in [0, 0.1) is 0 Å². The van der Waals surface area contributed by atoms with E-state index in [1.807, 2.05) is 14.0 Å². The third-order valence-electron chi connectivity index (χ3n) is 2.31. The molecule has 4 nitrogen and oxygen atoms in total. The highest BCUT2D eigenvalue weighted by atomic mass is 16.3. The van der Waals surface area contributed by atoms with Gasteiger partial charge in [0.05, 0.1) is 17.6 Å². The van der Waals surface area contributed by atoms with Gasteiger partial charge in [0.15, 0.2) is 0 Å². The van der Waals surface area contributed by atoms with Gasteiger partial charge in [-0.2, -0.15) is 0 Å². The molecule has 74 valence electrons. The Morgan fingerprint density at radius 3 is 2.69 bits per heavy atom. The standard InChI is InChI=1S/C9H16N2O2/c1-4-9(2,13)8(12)7-5-11(3)6-10-7/h5-6,8,12-13H,4H2,1-3H3. The number of hydrogen-bond acceptors (Lipinski definition) is 3. The Labute approximate surface area is 77.8 Å². The van der Waals surface area contributed by atoms with E-state index in [9.17, 15) is 10.2 Å². The number of aliphatic hydroxyl groups is 2. The van der Waals surface area contributed by atoms with Crippen LogP contribution in [0.2, 0.25) is 0 Å². The summed E-state index contributed by atoms with van der Waals surface area (Å²) < 4.78 is 1.74. The first-order chi connectivity index (χ1) is 5.97. The lowest BCUT2D eigenvalue weighted by Gasteiger charge is -2.26. The molecule has 0 aromatic carbocycles. The quantitative estimate of drug-likeness (QED) is 0.723. The second-order valence-corrected chi connectivity index (χ2v) is 3.58. The fraction of sp³-hybridized carbons (Fsp3) is 0.667. The molecule has 0 aliphatic heterocycles. The maximum absolute atomic E-state index is 9.76. The average molecular weight is 184 g/mol. The minimum absolute atomic E-state index is 0.491. The summed E-state index contributed by atoms with van der Waals surface area (Å²) in [5, 5.41) is 19.5. The number of aliphatic hydroxyl groups excluding tert-OH is 1. The van der Waals surface area contributed by atoms with Crippen LogP contribution in [0.3, 0.4) is 0 Å². The molecule has 0 aliphatic carbocycles.